The van der Waals surface area contributed by atoms with E-state index in [0.29, 0.717) is 10.1 Å². The van der Waals surface area contributed by atoms with Crippen LogP contribution in [-0.4, -0.2) is 5.11 Å². The van der Waals surface area contributed by atoms with Crippen LogP contribution in [0, 0.1) is 10.9 Å². The fourth-order valence-electron chi connectivity index (χ4n) is 1.19. The molecule has 13 heavy (non-hydrogen) atoms. The molecule has 0 amide bonds. The van der Waals surface area contributed by atoms with Crippen LogP contribution >= 0.6 is 11.3 Å². The number of thiophene rings is 1. The molecule has 1 heterocycles. The number of benzene rings is 1. The van der Waals surface area contributed by atoms with Gasteiger partial charge in [0.2, 0.25) is 0 Å². The van der Waals surface area contributed by atoms with Crippen molar-refractivity contribution in [2.45, 2.75) is 6.61 Å². The molecule has 0 unspecified atom stereocenters. The molecule has 0 aliphatic carbocycles. The third-order valence-corrected chi connectivity index (χ3v) is 2.71. The topological polar surface area (TPSA) is 20.2 Å². The summed E-state index contributed by atoms with van der Waals surface area (Å²) in [5, 5.41) is 8.95. The Morgan fingerprint density at radius 2 is 2.00 bits per heavy atom. The highest BCUT2D eigenvalue weighted by molar-refractivity contribution is 7.17. The molecule has 0 atom stereocenters. The Kier molecular flexibility index (Phi) is 2.01. The average molecular weight is 200 g/mol. The minimum absolute atomic E-state index is 0.203. The van der Waals surface area contributed by atoms with Gasteiger partial charge in [-0.1, -0.05) is 0 Å². The highest BCUT2D eigenvalue weighted by Gasteiger charge is 2.06. The van der Waals surface area contributed by atoms with Gasteiger partial charge in [0.1, 0.15) is 5.82 Å². The van der Waals surface area contributed by atoms with Gasteiger partial charge in [-0.15, -0.1) is 11.3 Å². The zero-order valence-corrected chi connectivity index (χ0v) is 7.37. The minimum Gasteiger partial charge on any atom is -0.392 e. The van der Waals surface area contributed by atoms with Crippen LogP contribution in [0.3, 0.4) is 0 Å². The van der Waals surface area contributed by atoms with Crippen molar-refractivity contribution < 1.29 is 13.9 Å². The smallest absolute Gasteiger partial charge is 0.177 e. The molecule has 0 saturated heterocycles. The quantitative estimate of drug-likeness (QED) is 0.750. The third kappa shape index (κ3) is 1.43. The largest absolute Gasteiger partial charge is 0.392 e. The molecule has 1 nitrogen and oxygen atoms in total. The van der Waals surface area contributed by atoms with Crippen molar-refractivity contribution in [3.8, 4) is 0 Å². The summed E-state index contributed by atoms with van der Waals surface area (Å²) in [4.78, 5) is 0. The molecule has 0 spiro atoms. The van der Waals surface area contributed by atoms with Gasteiger partial charge < -0.3 is 5.11 Å². The summed E-state index contributed by atoms with van der Waals surface area (Å²) in [5.74, 6) is -0.493. The van der Waals surface area contributed by atoms with Crippen molar-refractivity contribution in [3.05, 3.63) is 34.7 Å². The average Bonchev–Trinajstić information content (AvgIpc) is 2.42. The predicted octanol–water partition coefficient (Wildman–Crippen LogP) is 2.67. The Balaban J connectivity index is 2.72. The highest BCUT2D eigenvalue weighted by Crippen LogP contribution is 2.26. The van der Waals surface area contributed by atoms with Crippen molar-refractivity contribution >= 4 is 21.4 Å². The van der Waals surface area contributed by atoms with Gasteiger partial charge in [-0.25, -0.2) is 4.39 Å². The Morgan fingerprint density at radius 3 is 2.69 bits per heavy atom. The fourth-order valence-corrected chi connectivity index (χ4v) is 2.02. The molecule has 68 valence electrons. The summed E-state index contributed by atoms with van der Waals surface area (Å²) in [6.07, 6.45) is 0. The van der Waals surface area contributed by atoms with Crippen LogP contribution < -0.4 is 0 Å². The van der Waals surface area contributed by atoms with Gasteiger partial charge >= 0.3 is 0 Å². The highest BCUT2D eigenvalue weighted by atomic mass is 32.1. The maximum Gasteiger partial charge on any atom is 0.177 e. The molecule has 4 heteroatoms. The second-order valence-corrected chi connectivity index (χ2v) is 3.72. The van der Waals surface area contributed by atoms with Crippen LogP contribution in [0.25, 0.3) is 10.1 Å². The molecule has 0 fully saturated rings. The summed E-state index contributed by atoms with van der Waals surface area (Å²) in [7, 11) is 0. The van der Waals surface area contributed by atoms with E-state index in [1.165, 1.54) is 18.2 Å². The van der Waals surface area contributed by atoms with E-state index in [9.17, 15) is 8.78 Å². The summed E-state index contributed by atoms with van der Waals surface area (Å²) in [6.45, 7) is -0.360. The van der Waals surface area contributed by atoms with Crippen LogP contribution in [0.4, 0.5) is 8.78 Å². The van der Waals surface area contributed by atoms with Crippen molar-refractivity contribution in [1.82, 2.24) is 0 Å². The van der Waals surface area contributed by atoms with Crippen molar-refractivity contribution in [2.24, 2.45) is 0 Å². The maximum atomic E-state index is 13.1. The Bertz CT molecular complexity index is 450. The molecular formula is C9H6F2OS. The molecule has 1 N–H and O–H groups in total. The first-order valence-corrected chi connectivity index (χ1v) is 4.50. The molecule has 0 bridgehead atoms. The molecule has 0 aliphatic rings. The van der Waals surface area contributed by atoms with Gasteiger partial charge in [0.25, 0.3) is 0 Å². The standard InChI is InChI=1S/C9H6F2OS/c10-7-1-5-3-9(11)13-8(5)2-6(7)4-12/h1-3,12H,4H2. The zero-order valence-electron chi connectivity index (χ0n) is 6.55. The normalized spacial score (nSPS) is 11.0. The Labute approximate surface area is 77.2 Å². The van der Waals surface area contributed by atoms with Crippen LogP contribution in [0.2, 0.25) is 0 Å². The van der Waals surface area contributed by atoms with E-state index in [1.807, 2.05) is 0 Å². The van der Waals surface area contributed by atoms with Crippen LogP contribution in [-0.2, 0) is 6.61 Å². The van der Waals surface area contributed by atoms with E-state index < -0.39 is 5.82 Å². The molecule has 2 aromatic rings. The Hall–Kier alpha value is -1.00. The second kappa shape index (κ2) is 3.05. The summed E-state index contributed by atoms with van der Waals surface area (Å²) < 4.78 is 26.4. The lowest BCUT2D eigenvalue weighted by atomic mass is 10.2. The lowest BCUT2D eigenvalue weighted by Gasteiger charge is -1.97. The molecule has 1 aromatic heterocycles. The molecule has 0 radical (unpaired) electrons. The molecule has 1 aromatic carbocycles. The van der Waals surface area contributed by atoms with Gasteiger partial charge in [0.05, 0.1) is 6.61 Å². The van der Waals surface area contributed by atoms with E-state index in [0.717, 1.165) is 11.3 Å². The maximum absolute atomic E-state index is 13.1. The zero-order chi connectivity index (χ0) is 9.42. The van der Waals surface area contributed by atoms with E-state index >= 15 is 0 Å². The summed E-state index contributed by atoms with van der Waals surface area (Å²) in [6, 6.07) is 3.99. The van der Waals surface area contributed by atoms with E-state index in [4.69, 9.17) is 5.11 Å². The molecular weight excluding hydrogens is 194 g/mol. The van der Waals surface area contributed by atoms with Gasteiger partial charge in [0, 0.05) is 10.3 Å². The summed E-state index contributed by atoms with van der Waals surface area (Å²) in [5.41, 5.74) is 0.203. The molecule has 0 saturated carbocycles. The first kappa shape index (κ1) is 8.59. The lowest BCUT2D eigenvalue weighted by Crippen LogP contribution is -1.87. The van der Waals surface area contributed by atoms with E-state index in [-0.39, 0.29) is 17.3 Å². The number of hydrogen-bond donors (Lipinski definition) is 1. The minimum atomic E-state index is -0.493. The van der Waals surface area contributed by atoms with E-state index in [2.05, 4.69) is 0 Å². The van der Waals surface area contributed by atoms with Crippen LogP contribution in [0.1, 0.15) is 5.56 Å². The van der Waals surface area contributed by atoms with Gasteiger partial charge in [0.15, 0.2) is 5.13 Å². The first-order chi connectivity index (χ1) is 6.20. The number of aliphatic hydroxyl groups is 1. The number of fused-ring (bicyclic) bond motifs is 1. The van der Waals surface area contributed by atoms with Crippen LogP contribution in [0.15, 0.2) is 18.2 Å². The summed E-state index contributed by atoms with van der Waals surface area (Å²) >= 11 is 0.946. The number of hydrogen-bond acceptors (Lipinski definition) is 2. The predicted molar refractivity (Wildman–Crippen MR) is 47.7 cm³/mol. The molecule has 2 rings (SSSR count). The lowest BCUT2D eigenvalue weighted by molar-refractivity contribution is 0.276. The van der Waals surface area contributed by atoms with Crippen LogP contribution in [0.5, 0.6) is 0 Å². The third-order valence-electron chi connectivity index (χ3n) is 1.83. The van der Waals surface area contributed by atoms with E-state index in [1.54, 1.807) is 0 Å². The van der Waals surface area contributed by atoms with Gasteiger partial charge in [-0.3, -0.25) is 0 Å². The van der Waals surface area contributed by atoms with Gasteiger partial charge in [-0.05, 0) is 23.6 Å². The van der Waals surface area contributed by atoms with Crippen molar-refractivity contribution in [2.75, 3.05) is 0 Å². The Morgan fingerprint density at radius 1 is 1.23 bits per heavy atom. The second-order valence-electron chi connectivity index (χ2n) is 2.69. The first-order valence-electron chi connectivity index (χ1n) is 3.69. The van der Waals surface area contributed by atoms with Gasteiger partial charge in [-0.2, -0.15) is 4.39 Å². The SMILES string of the molecule is OCc1cc2sc(F)cc2cc1F. The number of halogens is 2. The fraction of sp³-hybridized carbons (Fsp3) is 0.111. The van der Waals surface area contributed by atoms with Crippen molar-refractivity contribution in [3.63, 3.8) is 0 Å². The monoisotopic (exact) mass is 200 g/mol. The number of rotatable bonds is 1. The van der Waals surface area contributed by atoms with Crippen molar-refractivity contribution in [1.29, 1.82) is 0 Å². The molecule has 0 aliphatic heterocycles. The number of aliphatic hydroxyl groups excluding tert-OH is 1.